The summed E-state index contributed by atoms with van der Waals surface area (Å²) in [5.74, 6) is 0. The molecule has 0 heterocycles. The van der Waals surface area contributed by atoms with Crippen LogP contribution in [0.15, 0.2) is 0 Å². The first-order valence-electron chi connectivity index (χ1n) is 4.95. The summed E-state index contributed by atoms with van der Waals surface area (Å²) in [6.07, 6.45) is -0.387. The second kappa shape index (κ2) is 5.63. The molecule has 0 rings (SSSR count). The minimum Gasteiger partial charge on any atom is -0.389 e. The largest absolute Gasteiger partial charge is 0.389 e. The van der Waals surface area contributed by atoms with Crippen molar-refractivity contribution in [1.82, 2.24) is 10.2 Å². The summed E-state index contributed by atoms with van der Waals surface area (Å²) in [5, 5.41) is 13.5. The number of alkyl halides is 1. The zero-order chi connectivity index (χ0) is 11.5. The molecule has 0 radical (unpaired) electrons. The van der Waals surface area contributed by atoms with E-state index in [9.17, 15) is 5.11 Å². The number of hydrogen-bond acceptors (Lipinski definition) is 3. The van der Waals surface area contributed by atoms with Gasteiger partial charge in [0.2, 0.25) is 0 Å². The molecule has 0 aliphatic rings. The molecule has 0 aromatic rings. The van der Waals surface area contributed by atoms with E-state index >= 15 is 0 Å². The lowest BCUT2D eigenvalue weighted by Crippen LogP contribution is -2.57. The second-order valence-corrected chi connectivity index (χ2v) is 7.52. The van der Waals surface area contributed by atoms with Crippen molar-refractivity contribution in [2.75, 3.05) is 14.1 Å². The Kier molecular flexibility index (Phi) is 5.87. The maximum Gasteiger partial charge on any atom is 0.0966 e. The summed E-state index contributed by atoms with van der Waals surface area (Å²) in [7, 11) is 3.96. The van der Waals surface area contributed by atoms with Gasteiger partial charge >= 0.3 is 0 Å². The first-order valence-corrected chi connectivity index (χ1v) is 6.03. The first-order chi connectivity index (χ1) is 6.16. The van der Waals surface area contributed by atoms with Crippen LogP contribution in [0.4, 0.5) is 0 Å². The average Bonchev–Trinajstić information content (AvgIpc) is 1.96. The molecule has 0 bridgehead atoms. The van der Waals surface area contributed by atoms with Crippen LogP contribution < -0.4 is 5.32 Å². The summed E-state index contributed by atoms with van der Waals surface area (Å²) < 4.78 is -0.130. The van der Waals surface area contributed by atoms with Crippen molar-refractivity contribution in [2.45, 2.75) is 49.4 Å². The standard InChI is InChI=1S/C10H23IN2O/c1-7(2)12-9(13(5)6)8(14)10(3,4)11/h7-9,12,14H,1-6H3. The van der Waals surface area contributed by atoms with Gasteiger partial charge in [0.15, 0.2) is 0 Å². The Morgan fingerprint density at radius 2 is 1.71 bits per heavy atom. The maximum atomic E-state index is 10.2. The molecule has 0 aromatic carbocycles. The molecule has 0 fully saturated rings. The predicted octanol–water partition coefficient (Wildman–Crippen LogP) is 1.45. The number of halogens is 1. The number of aliphatic hydroxyl groups is 1. The minimum atomic E-state index is -0.388. The third kappa shape index (κ3) is 4.91. The lowest BCUT2D eigenvalue weighted by Gasteiger charge is -2.37. The Labute approximate surface area is 101 Å². The molecule has 2 unspecified atom stereocenters. The van der Waals surface area contributed by atoms with Crippen LogP contribution in [0.25, 0.3) is 0 Å². The highest BCUT2D eigenvalue weighted by atomic mass is 127. The molecule has 0 aliphatic heterocycles. The highest BCUT2D eigenvalue weighted by Crippen LogP contribution is 2.24. The summed E-state index contributed by atoms with van der Waals surface area (Å²) in [6.45, 7) is 8.25. The van der Waals surface area contributed by atoms with E-state index in [0.717, 1.165) is 0 Å². The van der Waals surface area contributed by atoms with Gasteiger partial charge in [-0.15, -0.1) is 0 Å². The smallest absolute Gasteiger partial charge is 0.0966 e. The van der Waals surface area contributed by atoms with Gasteiger partial charge in [0, 0.05) is 9.46 Å². The third-order valence-electron chi connectivity index (χ3n) is 2.06. The van der Waals surface area contributed by atoms with Crippen molar-refractivity contribution in [3.05, 3.63) is 0 Å². The topological polar surface area (TPSA) is 35.5 Å². The van der Waals surface area contributed by atoms with Gasteiger partial charge in [0.25, 0.3) is 0 Å². The van der Waals surface area contributed by atoms with Crippen LogP contribution in [-0.2, 0) is 0 Å². The zero-order valence-corrected chi connectivity index (χ0v) is 12.2. The highest BCUT2D eigenvalue weighted by Gasteiger charge is 2.33. The van der Waals surface area contributed by atoms with E-state index in [0.29, 0.717) is 6.04 Å². The molecule has 2 N–H and O–H groups in total. The van der Waals surface area contributed by atoms with Gasteiger partial charge in [-0.2, -0.15) is 0 Å². The second-order valence-electron chi connectivity index (χ2n) is 4.74. The summed E-state index contributed by atoms with van der Waals surface area (Å²) in [5.41, 5.74) is 0. The van der Waals surface area contributed by atoms with Gasteiger partial charge in [0.05, 0.1) is 12.3 Å². The molecule has 0 aliphatic carbocycles. The number of nitrogens with zero attached hydrogens (tertiary/aromatic N) is 1. The number of rotatable bonds is 5. The van der Waals surface area contributed by atoms with E-state index in [-0.39, 0.29) is 15.7 Å². The van der Waals surface area contributed by atoms with E-state index in [1.165, 1.54) is 0 Å². The fraction of sp³-hybridized carbons (Fsp3) is 1.00. The number of aliphatic hydroxyl groups excluding tert-OH is 1. The van der Waals surface area contributed by atoms with Gasteiger partial charge in [0.1, 0.15) is 0 Å². The molecule has 0 amide bonds. The van der Waals surface area contributed by atoms with Crippen LogP contribution in [-0.4, -0.2) is 45.8 Å². The minimum absolute atomic E-state index is 0.00176. The van der Waals surface area contributed by atoms with Crippen LogP contribution in [0.1, 0.15) is 27.7 Å². The Morgan fingerprint density at radius 1 is 1.29 bits per heavy atom. The van der Waals surface area contributed by atoms with Crippen LogP contribution >= 0.6 is 22.6 Å². The van der Waals surface area contributed by atoms with E-state index in [1.54, 1.807) is 0 Å². The Bertz CT molecular complexity index is 166. The molecule has 3 nitrogen and oxygen atoms in total. The fourth-order valence-electron chi connectivity index (χ4n) is 1.24. The quantitative estimate of drug-likeness (QED) is 0.458. The molecule has 0 saturated carbocycles. The van der Waals surface area contributed by atoms with E-state index in [4.69, 9.17) is 0 Å². The van der Waals surface area contributed by atoms with Gasteiger partial charge in [-0.05, 0) is 41.8 Å². The number of hydrogen-bond donors (Lipinski definition) is 2. The lowest BCUT2D eigenvalue weighted by molar-refractivity contribution is 0.0356. The van der Waals surface area contributed by atoms with Crippen molar-refractivity contribution in [1.29, 1.82) is 0 Å². The van der Waals surface area contributed by atoms with E-state index in [2.05, 4.69) is 41.8 Å². The predicted molar refractivity (Wildman–Crippen MR) is 69.9 cm³/mol. The first kappa shape index (κ1) is 14.6. The highest BCUT2D eigenvalue weighted by molar-refractivity contribution is 14.1. The number of likely N-dealkylation sites (N-methyl/N-ethyl adjacent to an activating group) is 1. The molecule has 14 heavy (non-hydrogen) atoms. The van der Waals surface area contributed by atoms with Gasteiger partial charge in [-0.1, -0.05) is 22.6 Å². The normalized spacial score (nSPS) is 17.6. The van der Waals surface area contributed by atoms with Gasteiger partial charge in [-0.25, -0.2) is 0 Å². The van der Waals surface area contributed by atoms with Crippen molar-refractivity contribution in [3.63, 3.8) is 0 Å². The average molecular weight is 314 g/mol. The Balaban J connectivity index is 4.49. The van der Waals surface area contributed by atoms with E-state index in [1.807, 2.05) is 32.8 Å². The summed E-state index contributed by atoms with van der Waals surface area (Å²) >= 11 is 2.28. The van der Waals surface area contributed by atoms with Crippen LogP contribution in [0, 0.1) is 0 Å². The SMILES string of the molecule is CC(C)NC(C(O)C(C)(C)I)N(C)C. The Hall–Kier alpha value is 0.610. The monoisotopic (exact) mass is 314 g/mol. The van der Waals surface area contributed by atoms with E-state index < -0.39 is 0 Å². The number of nitrogens with one attached hydrogen (secondary N) is 1. The maximum absolute atomic E-state index is 10.2. The molecular formula is C10H23IN2O. The van der Waals surface area contributed by atoms with Crippen molar-refractivity contribution in [3.8, 4) is 0 Å². The van der Waals surface area contributed by atoms with Crippen molar-refractivity contribution >= 4 is 22.6 Å². The van der Waals surface area contributed by atoms with Gasteiger partial charge < -0.3 is 5.11 Å². The van der Waals surface area contributed by atoms with Crippen LogP contribution in [0.3, 0.4) is 0 Å². The van der Waals surface area contributed by atoms with Crippen LogP contribution in [0.5, 0.6) is 0 Å². The third-order valence-corrected chi connectivity index (χ3v) is 2.70. The van der Waals surface area contributed by atoms with Crippen molar-refractivity contribution in [2.24, 2.45) is 0 Å². The summed E-state index contributed by atoms with van der Waals surface area (Å²) in [6, 6.07) is 0.371. The molecule has 0 saturated heterocycles. The molecule has 2 atom stereocenters. The molecule has 0 spiro atoms. The zero-order valence-electron chi connectivity index (χ0n) is 10.0. The lowest BCUT2D eigenvalue weighted by atomic mass is 10.0. The molecule has 4 heteroatoms. The summed E-state index contributed by atoms with van der Waals surface area (Å²) in [4.78, 5) is 2.02. The molecule has 0 aromatic heterocycles. The fourth-order valence-corrected chi connectivity index (χ4v) is 1.58. The molecule has 86 valence electrons. The van der Waals surface area contributed by atoms with Gasteiger partial charge in [-0.3, -0.25) is 10.2 Å². The Morgan fingerprint density at radius 3 is 1.93 bits per heavy atom. The van der Waals surface area contributed by atoms with Crippen molar-refractivity contribution < 1.29 is 5.11 Å². The van der Waals surface area contributed by atoms with Crippen LogP contribution in [0.2, 0.25) is 0 Å². The molecular weight excluding hydrogens is 291 g/mol.